The van der Waals surface area contributed by atoms with Crippen molar-refractivity contribution in [2.45, 2.75) is 26.9 Å². The average molecular weight is 227 g/mol. The Morgan fingerprint density at radius 2 is 2.06 bits per heavy atom. The molecular formula is C11H21N3O2. The first-order chi connectivity index (χ1) is 7.65. The third-order valence-electron chi connectivity index (χ3n) is 2.74. The molecule has 0 saturated heterocycles. The van der Waals surface area contributed by atoms with Crippen molar-refractivity contribution in [2.24, 2.45) is 7.05 Å². The molecule has 0 atom stereocenters. The molecule has 0 radical (unpaired) electrons. The quantitative estimate of drug-likeness (QED) is 0.740. The van der Waals surface area contributed by atoms with Crippen molar-refractivity contribution in [3.63, 3.8) is 0 Å². The summed E-state index contributed by atoms with van der Waals surface area (Å²) >= 11 is 0. The number of hydrogen-bond acceptors (Lipinski definition) is 4. The molecule has 0 amide bonds. The van der Waals surface area contributed by atoms with E-state index < -0.39 is 0 Å². The molecule has 0 aliphatic rings. The van der Waals surface area contributed by atoms with Crippen molar-refractivity contribution in [2.75, 3.05) is 24.6 Å². The molecule has 2 N–H and O–H groups in total. The summed E-state index contributed by atoms with van der Waals surface area (Å²) in [5.74, 6) is 0.955. The lowest BCUT2D eigenvalue weighted by Gasteiger charge is -2.23. The fourth-order valence-corrected chi connectivity index (χ4v) is 1.95. The van der Waals surface area contributed by atoms with Gasteiger partial charge in [0.2, 0.25) is 0 Å². The molecule has 16 heavy (non-hydrogen) atoms. The Balaban J connectivity index is 2.98. The molecule has 0 aromatic carbocycles. The van der Waals surface area contributed by atoms with Gasteiger partial charge in [-0.1, -0.05) is 0 Å². The number of hydrogen-bond donors (Lipinski definition) is 2. The van der Waals surface area contributed by atoms with Gasteiger partial charge in [-0.05, 0) is 20.3 Å². The maximum atomic E-state index is 9.35. The van der Waals surface area contributed by atoms with Crippen LogP contribution in [0.25, 0.3) is 0 Å². The van der Waals surface area contributed by atoms with E-state index in [1.807, 2.05) is 14.0 Å². The van der Waals surface area contributed by atoms with Gasteiger partial charge in [0.1, 0.15) is 5.82 Å². The molecule has 1 aromatic rings. The van der Waals surface area contributed by atoms with E-state index >= 15 is 0 Å². The molecule has 5 nitrogen and oxygen atoms in total. The summed E-state index contributed by atoms with van der Waals surface area (Å²) in [6.07, 6.45) is 0.725. The second-order valence-corrected chi connectivity index (χ2v) is 3.83. The first-order valence-corrected chi connectivity index (χ1v) is 5.64. The van der Waals surface area contributed by atoms with Crippen LogP contribution >= 0.6 is 0 Å². The number of aryl methyl sites for hydroxylation is 2. The van der Waals surface area contributed by atoms with Gasteiger partial charge in [0.25, 0.3) is 0 Å². The molecule has 0 aliphatic carbocycles. The van der Waals surface area contributed by atoms with Crippen LogP contribution in [0.3, 0.4) is 0 Å². The largest absolute Gasteiger partial charge is 0.396 e. The number of anilines is 1. The Kier molecular flexibility index (Phi) is 4.76. The van der Waals surface area contributed by atoms with Gasteiger partial charge in [-0.2, -0.15) is 5.10 Å². The smallest absolute Gasteiger partial charge is 0.132 e. The van der Waals surface area contributed by atoms with Gasteiger partial charge in [-0.25, -0.2) is 0 Å². The lowest BCUT2D eigenvalue weighted by atomic mass is 10.2. The van der Waals surface area contributed by atoms with Crippen LogP contribution in [-0.4, -0.2) is 39.7 Å². The third kappa shape index (κ3) is 2.54. The maximum absolute atomic E-state index is 9.35. The zero-order chi connectivity index (χ0) is 12.1. The molecule has 92 valence electrons. The van der Waals surface area contributed by atoms with E-state index in [0.717, 1.165) is 36.6 Å². The lowest BCUT2D eigenvalue weighted by molar-refractivity contribution is 0.280. The Labute approximate surface area is 96.3 Å². The van der Waals surface area contributed by atoms with Gasteiger partial charge < -0.3 is 15.1 Å². The summed E-state index contributed by atoms with van der Waals surface area (Å²) in [4.78, 5) is 2.13. The number of aliphatic hydroxyl groups excluding tert-OH is 2. The highest BCUT2D eigenvalue weighted by atomic mass is 16.3. The second-order valence-electron chi connectivity index (χ2n) is 3.83. The molecule has 0 aliphatic heterocycles. The molecule has 0 unspecified atom stereocenters. The fourth-order valence-electron chi connectivity index (χ4n) is 1.95. The summed E-state index contributed by atoms with van der Waals surface area (Å²) < 4.78 is 1.79. The number of aliphatic hydroxyl groups is 2. The summed E-state index contributed by atoms with van der Waals surface area (Å²) in [6.45, 7) is 5.76. The number of nitrogens with zero attached hydrogens (tertiary/aromatic N) is 3. The summed E-state index contributed by atoms with van der Waals surface area (Å²) in [7, 11) is 1.88. The van der Waals surface area contributed by atoms with Crippen LogP contribution in [0, 0.1) is 6.92 Å². The van der Waals surface area contributed by atoms with E-state index in [-0.39, 0.29) is 13.2 Å². The zero-order valence-corrected chi connectivity index (χ0v) is 10.3. The fraction of sp³-hybridized carbons (Fsp3) is 0.727. The first kappa shape index (κ1) is 13.0. The molecule has 1 aromatic heterocycles. The van der Waals surface area contributed by atoms with Gasteiger partial charge in [0.15, 0.2) is 0 Å². The van der Waals surface area contributed by atoms with Crippen molar-refractivity contribution in [1.82, 2.24) is 9.78 Å². The normalized spacial score (nSPS) is 10.8. The second kappa shape index (κ2) is 5.86. The van der Waals surface area contributed by atoms with Gasteiger partial charge >= 0.3 is 0 Å². The topological polar surface area (TPSA) is 61.5 Å². The van der Waals surface area contributed by atoms with E-state index in [4.69, 9.17) is 5.11 Å². The average Bonchev–Trinajstić information content (AvgIpc) is 2.55. The van der Waals surface area contributed by atoms with Gasteiger partial charge in [0, 0.05) is 32.3 Å². The van der Waals surface area contributed by atoms with Crippen LogP contribution in [0.2, 0.25) is 0 Å². The first-order valence-electron chi connectivity index (χ1n) is 5.64. The van der Waals surface area contributed by atoms with E-state index in [2.05, 4.69) is 16.9 Å². The molecule has 1 heterocycles. The zero-order valence-electron chi connectivity index (χ0n) is 10.3. The minimum Gasteiger partial charge on any atom is -0.396 e. The Morgan fingerprint density at radius 1 is 1.38 bits per heavy atom. The molecule has 0 bridgehead atoms. The highest BCUT2D eigenvalue weighted by Crippen LogP contribution is 2.23. The number of aromatic nitrogens is 2. The number of rotatable bonds is 6. The van der Waals surface area contributed by atoms with Gasteiger partial charge in [-0.15, -0.1) is 0 Å². The SMILES string of the molecule is CCN(CCCO)c1c(CO)c(C)nn1C. The van der Waals surface area contributed by atoms with E-state index in [1.54, 1.807) is 4.68 Å². The summed E-state index contributed by atoms with van der Waals surface area (Å²) in [5, 5.41) is 22.5. The Hall–Kier alpha value is -1.07. The molecule has 0 spiro atoms. The van der Waals surface area contributed by atoms with Crippen LogP contribution in [-0.2, 0) is 13.7 Å². The Morgan fingerprint density at radius 3 is 2.56 bits per heavy atom. The Bertz CT molecular complexity index is 336. The van der Waals surface area contributed by atoms with E-state index in [1.165, 1.54) is 0 Å². The van der Waals surface area contributed by atoms with Crippen LogP contribution in [0.15, 0.2) is 0 Å². The molecule has 1 rings (SSSR count). The summed E-state index contributed by atoms with van der Waals surface area (Å²) in [5.41, 5.74) is 1.74. The maximum Gasteiger partial charge on any atom is 0.132 e. The third-order valence-corrected chi connectivity index (χ3v) is 2.74. The minimum absolute atomic E-state index is 0.00459. The predicted molar refractivity (Wildman–Crippen MR) is 63.5 cm³/mol. The molecule has 0 fully saturated rings. The van der Waals surface area contributed by atoms with Crippen LogP contribution in [0.4, 0.5) is 5.82 Å². The van der Waals surface area contributed by atoms with E-state index in [9.17, 15) is 5.11 Å². The highest BCUT2D eigenvalue weighted by Gasteiger charge is 2.17. The molecular weight excluding hydrogens is 206 g/mol. The van der Waals surface area contributed by atoms with Crippen molar-refractivity contribution in [1.29, 1.82) is 0 Å². The van der Waals surface area contributed by atoms with Crippen LogP contribution < -0.4 is 4.90 Å². The van der Waals surface area contributed by atoms with Crippen LogP contribution in [0.5, 0.6) is 0 Å². The summed E-state index contributed by atoms with van der Waals surface area (Å²) in [6, 6.07) is 0. The molecule has 5 heteroatoms. The standard InChI is InChI=1S/C11H21N3O2/c1-4-14(6-5-7-15)11-10(8-16)9(2)12-13(11)3/h15-16H,4-8H2,1-3H3. The van der Waals surface area contributed by atoms with E-state index in [0.29, 0.717) is 0 Å². The van der Waals surface area contributed by atoms with Crippen molar-refractivity contribution < 1.29 is 10.2 Å². The van der Waals surface area contributed by atoms with Gasteiger partial charge in [-0.3, -0.25) is 4.68 Å². The predicted octanol–water partition coefficient (Wildman–Crippen LogP) is 0.430. The van der Waals surface area contributed by atoms with Crippen LogP contribution in [0.1, 0.15) is 24.6 Å². The van der Waals surface area contributed by atoms with Crippen molar-refractivity contribution in [3.05, 3.63) is 11.3 Å². The minimum atomic E-state index is 0.00459. The van der Waals surface area contributed by atoms with Gasteiger partial charge in [0.05, 0.1) is 12.3 Å². The highest BCUT2D eigenvalue weighted by molar-refractivity contribution is 5.49. The van der Waals surface area contributed by atoms with Crippen molar-refractivity contribution >= 4 is 5.82 Å². The monoisotopic (exact) mass is 227 g/mol. The molecule has 0 saturated carbocycles. The van der Waals surface area contributed by atoms with Crippen molar-refractivity contribution in [3.8, 4) is 0 Å². The lowest BCUT2D eigenvalue weighted by Crippen LogP contribution is -2.27.